The molecule has 2 aromatic rings. The van der Waals surface area contributed by atoms with E-state index in [2.05, 4.69) is 0 Å². The van der Waals surface area contributed by atoms with Gasteiger partial charge in [0.2, 0.25) is 0 Å². The summed E-state index contributed by atoms with van der Waals surface area (Å²) in [6.45, 7) is 0. The minimum absolute atomic E-state index is 0.814. The minimum atomic E-state index is 0.814. The van der Waals surface area contributed by atoms with Crippen LogP contribution in [0.4, 0.5) is 0 Å². The molecular formula is C13H12O2S. The van der Waals surface area contributed by atoms with Gasteiger partial charge in [0.15, 0.2) is 0 Å². The van der Waals surface area contributed by atoms with Crippen molar-refractivity contribution >= 4 is 12.0 Å². The lowest BCUT2D eigenvalue weighted by molar-refractivity contribution is 0.414. The van der Waals surface area contributed by atoms with Crippen LogP contribution in [0.1, 0.15) is 0 Å². The second-order valence-electron chi connectivity index (χ2n) is 3.16. The molecular weight excluding hydrogens is 220 g/mol. The van der Waals surface area contributed by atoms with Crippen molar-refractivity contribution in [1.29, 1.82) is 0 Å². The van der Waals surface area contributed by atoms with Crippen molar-refractivity contribution in [1.82, 2.24) is 0 Å². The Hall–Kier alpha value is -1.61. The standard InChI is InChI=1S/C13H12O2S/c1-14-11-7-9-12(10-8-11)15-16-13-5-3-2-4-6-13/h2-10H,1H3. The molecule has 0 heterocycles. The topological polar surface area (TPSA) is 18.5 Å². The van der Waals surface area contributed by atoms with E-state index in [1.165, 1.54) is 12.0 Å². The molecule has 2 rings (SSSR count). The highest BCUT2D eigenvalue weighted by Gasteiger charge is 1.97. The fraction of sp³-hybridized carbons (Fsp3) is 0.0769. The molecule has 16 heavy (non-hydrogen) atoms. The third-order valence-electron chi connectivity index (χ3n) is 2.04. The zero-order valence-electron chi connectivity index (χ0n) is 8.92. The van der Waals surface area contributed by atoms with Crippen LogP contribution < -0.4 is 8.92 Å². The summed E-state index contributed by atoms with van der Waals surface area (Å²) in [6.07, 6.45) is 0. The first-order valence-electron chi connectivity index (χ1n) is 4.92. The smallest absolute Gasteiger partial charge is 0.138 e. The monoisotopic (exact) mass is 232 g/mol. The average Bonchev–Trinajstić information content (AvgIpc) is 2.38. The quantitative estimate of drug-likeness (QED) is 0.747. The number of benzene rings is 2. The van der Waals surface area contributed by atoms with Crippen LogP contribution in [0.2, 0.25) is 0 Å². The molecule has 82 valence electrons. The molecule has 0 fully saturated rings. The lowest BCUT2D eigenvalue weighted by Crippen LogP contribution is -1.84. The van der Waals surface area contributed by atoms with Crippen LogP contribution in [0.5, 0.6) is 11.5 Å². The van der Waals surface area contributed by atoms with Crippen molar-refractivity contribution in [3.63, 3.8) is 0 Å². The van der Waals surface area contributed by atoms with E-state index in [4.69, 9.17) is 8.92 Å². The summed E-state index contributed by atoms with van der Waals surface area (Å²) in [7, 11) is 1.65. The van der Waals surface area contributed by atoms with Crippen molar-refractivity contribution in [2.75, 3.05) is 7.11 Å². The van der Waals surface area contributed by atoms with E-state index >= 15 is 0 Å². The maximum atomic E-state index is 5.55. The first-order valence-corrected chi connectivity index (χ1v) is 5.66. The Labute approximate surface area is 99.4 Å². The summed E-state index contributed by atoms with van der Waals surface area (Å²) in [6, 6.07) is 17.5. The molecule has 0 saturated heterocycles. The van der Waals surface area contributed by atoms with Gasteiger partial charge in [-0.1, -0.05) is 18.2 Å². The van der Waals surface area contributed by atoms with Crippen LogP contribution in [-0.2, 0) is 0 Å². The van der Waals surface area contributed by atoms with Crippen LogP contribution in [0, 0.1) is 0 Å². The Morgan fingerprint density at radius 3 is 2.06 bits per heavy atom. The second-order valence-corrected chi connectivity index (χ2v) is 3.96. The highest BCUT2D eigenvalue weighted by atomic mass is 32.2. The average molecular weight is 232 g/mol. The summed E-state index contributed by atoms with van der Waals surface area (Å²) in [5.41, 5.74) is 0. The van der Waals surface area contributed by atoms with Gasteiger partial charge in [0.05, 0.1) is 19.2 Å². The van der Waals surface area contributed by atoms with Gasteiger partial charge < -0.3 is 8.92 Å². The molecule has 0 bridgehead atoms. The molecule has 2 nitrogen and oxygen atoms in total. The molecule has 0 aliphatic rings. The van der Waals surface area contributed by atoms with Crippen molar-refractivity contribution in [2.24, 2.45) is 0 Å². The summed E-state index contributed by atoms with van der Waals surface area (Å²) >= 11 is 1.35. The Morgan fingerprint density at radius 1 is 0.812 bits per heavy atom. The van der Waals surface area contributed by atoms with Gasteiger partial charge in [-0.3, -0.25) is 0 Å². The van der Waals surface area contributed by atoms with Gasteiger partial charge in [-0.05, 0) is 36.4 Å². The molecule has 0 aliphatic carbocycles. The third kappa shape index (κ3) is 2.94. The second kappa shape index (κ2) is 5.47. The van der Waals surface area contributed by atoms with Crippen LogP contribution >= 0.6 is 12.0 Å². The maximum absolute atomic E-state index is 5.55. The Bertz CT molecular complexity index is 425. The van der Waals surface area contributed by atoms with E-state index < -0.39 is 0 Å². The van der Waals surface area contributed by atoms with Gasteiger partial charge in [-0.2, -0.15) is 0 Å². The van der Waals surface area contributed by atoms with Crippen molar-refractivity contribution in [3.05, 3.63) is 54.6 Å². The van der Waals surface area contributed by atoms with Crippen LogP contribution in [-0.4, -0.2) is 7.11 Å². The molecule has 0 unspecified atom stereocenters. The molecule has 0 spiro atoms. The van der Waals surface area contributed by atoms with Crippen molar-refractivity contribution in [3.8, 4) is 11.5 Å². The molecule has 0 saturated carbocycles. The SMILES string of the molecule is COc1ccc(OSc2ccccc2)cc1. The van der Waals surface area contributed by atoms with E-state index in [0.29, 0.717) is 0 Å². The molecule has 0 aliphatic heterocycles. The fourth-order valence-electron chi connectivity index (χ4n) is 1.20. The van der Waals surface area contributed by atoms with Gasteiger partial charge in [0.25, 0.3) is 0 Å². The van der Waals surface area contributed by atoms with Crippen LogP contribution in [0.3, 0.4) is 0 Å². The molecule has 0 amide bonds. The minimum Gasteiger partial charge on any atom is -0.497 e. The van der Waals surface area contributed by atoms with E-state index in [-0.39, 0.29) is 0 Å². The number of hydrogen-bond donors (Lipinski definition) is 0. The molecule has 2 aromatic carbocycles. The van der Waals surface area contributed by atoms with E-state index in [9.17, 15) is 0 Å². The van der Waals surface area contributed by atoms with Gasteiger partial charge >= 0.3 is 0 Å². The highest BCUT2D eigenvalue weighted by molar-refractivity contribution is 7.95. The molecule has 0 atom stereocenters. The summed E-state index contributed by atoms with van der Waals surface area (Å²) in [5, 5.41) is 0. The Balaban J connectivity index is 1.94. The molecule has 0 radical (unpaired) electrons. The van der Waals surface area contributed by atoms with Gasteiger partial charge in [0, 0.05) is 4.90 Å². The number of hydrogen-bond acceptors (Lipinski definition) is 3. The highest BCUT2D eigenvalue weighted by Crippen LogP contribution is 2.24. The van der Waals surface area contributed by atoms with Crippen molar-refractivity contribution < 1.29 is 8.92 Å². The predicted molar refractivity (Wildman–Crippen MR) is 65.9 cm³/mol. The normalized spacial score (nSPS) is 9.81. The van der Waals surface area contributed by atoms with E-state index in [1.54, 1.807) is 7.11 Å². The molecule has 0 N–H and O–H groups in total. The zero-order chi connectivity index (χ0) is 11.2. The zero-order valence-corrected chi connectivity index (χ0v) is 9.74. The largest absolute Gasteiger partial charge is 0.497 e. The first kappa shape index (κ1) is 10.9. The van der Waals surface area contributed by atoms with E-state index in [0.717, 1.165) is 16.4 Å². The lowest BCUT2D eigenvalue weighted by atomic mass is 10.3. The van der Waals surface area contributed by atoms with Gasteiger partial charge in [0.1, 0.15) is 11.5 Å². The third-order valence-corrected chi connectivity index (χ3v) is 2.78. The van der Waals surface area contributed by atoms with Crippen molar-refractivity contribution in [2.45, 2.75) is 4.90 Å². The first-order chi connectivity index (χ1) is 7.88. The number of methoxy groups -OCH3 is 1. The summed E-state index contributed by atoms with van der Waals surface area (Å²) in [5.74, 6) is 1.65. The summed E-state index contributed by atoms with van der Waals surface area (Å²) < 4.78 is 10.6. The Morgan fingerprint density at radius 2 is 1.44 bits per heavy atom. The van der Waals surface area contributed by atoms with Crippen LogP contribution in [0.25, 0.3) is 0 Å². The summed E-state index contributed by atoms with van der Waals surface area (Å²) in [4.78, 5) is 1.08. The fourth-order valence-corrected chi connectivity index (χ4v) is 1.78. The van der Waals surface area contributed by atoms with Crippen LogP contribution in [0.15, 0.2) is 59.5 Å². The molecule has 3 heteroatoms. The van der Waals surface area contributed by atoms with Gasteiger partial charge in [-0.25, -0.2) is 0 Å². The van der Waals surface area contributed by atoms with E-state index in [1.807, 2.05) is 54.6 Å². The van der Waals surface area contributed by atoms with Gasteiger partial charge in [-0.15, -0.1) is 0 Å². The Kier molecular flexibility index (Phi) is 3.72. The molecule has 0 aromatic heterocycles. The maximum Gasteiger partial charge on any atom is 0.138 e. The lowest BCUT2D eigenvalue weighted by Gasteiger charge is -2.04. The predicted octanol–water partition coefficient (Wildman–Crippen LogP) is 3.78. The number of rotatable bonds is 4. The number of ether oxygens (including phenoxy) is 1.